The van der Waals surface area contributed by atoms with Gasteiger partial charge in [0.15, 0.2) is 0 Å². The summed E-state index contributed by atoms with van der Waals surface area (Å²) < 4.78 is 11.2. The van der Waals surface area contributed by atoms with Gasteiger partial charge in [0.1, 0.15) is 13.1 Å². The molecule has 0 aromatic rings. The molecule has 0 heterocycles. The summed E-state index contributed by atoms with van der Waals surface area (Å²) in [6.07, 6.45) is 3.91. The summed E-state index contributed by atoms with van der Waals surface area (Å²) in [5.41, 5.74) is 0. The number of rotatable bonds is 10. The van der Waals surface area contributed by atoms with Gasteiger partial charge in [0, 0.05) is 14.2 Å². The minimum atomic E-state index is 0.755. The standard InChI is InChI=1S/C12H24NO2/c1-5-7-13(8-6-2,9-11-14-3)10-12-15-4/h5-6H,1-2,7-12H2,3-4H3/q+1. The van der Waals surface area contributed by atoms with Gasteiger partial charge in [-0.15, -0.1) is 0 Å². The molecule has 0 aromatic heterocycles. The van der Waals surface area contributed by atoms with Gasteiger partial charge in [0.05, 0.1) is 26.3 Å². The highest BCUT2D eigenvalue weighted by molar-refractivity contribution is 4.72. The second-order valence-electron chi connectivity index (χ2n) is 3.72. The van der Waals surface area contributed by atoms with Gasteiger partial charge < -0.3 is 14.0 Å². The average Bonchev–Trinajstić information content (AvgIpc) is 2.24. The first-order valence-corrected chi connectivity index (χ1v) is 5.29. The molecule has 0 saturated heterocycles. The summed E-state index contributed by atoms with van der Waals surface area (Å²) in [5, 5.41) is 0. The number of hydrogen-bond donors (Lipinski definition) is 0. The summed E-state index contributed by atoms with van der Waals surface area (Å²) in [6.45, 7) is 12.9. The Morgan fingerprint density at radius 3 is 1.60 bits per heavy atom. The number of quaternary nitrogens is 1. The van der Waals surface area contributed by atoms with Crippen LogP contribution in [-0.2, 0) is 9.47 Å². The fourth-order valence-corrected chi connectivity index (χ4v) is 1.67. The Kier molecular flexibility index (Phi) is 8.28. The van der Waals surface area contributed by atoms with Crippen LogP contribution in [0.25, 0.3) is 0 Å². The Bertz CT molecular complexity index is 160. The molecule has 0 rings (SSSR count). The summed E-state index contributed by atoms with van der Waals surface area (Å²) in [4.78, 5) is 0. The molecule has 0 aliphatic carbocycles. The van der Waals surface area contributed by atoms with Crippen molar-refractivity contribution in [1.82, 2.24) is 0 Å². The van der Waals surface area contributed by atoms with Crippen LogP contribution in [0.1, 0.15) is 0 Å². The number of hydrogen-bond acceptors (Lipinski definition) is 2. The third-order valence-corrected chi connectivity index (χ3v) is 2.57. The average molecular weight is 214 g/mol. The van der Waals surface area contributed by atoms with Crippen molar-refractivity contribution in [3.63, 3.8) is 0 Å². The molecule has 0 atom stereocenters. The molecule has 0 saturated carbocycles. The number of nitrogens with zero attached hydrogens (tertiary/aromatic N) is 1. The van der Waals surface area contributed by atoms with Crippen molar-refractivity contribution in [2.45, 2.75) is 0 Å². The molecule has 3 heteroatoms. The zero-order valence-electron chi connectivity index (χ0n) is 10.1. The van der Waals surface area contributed by atoms with Crippen molar-refractivity contribution >= 4 is 0 Å². The highest BCUT2D eigenvalue weighted by atomic mass is 16.5. The van der Waals surface area contributed by atoms with E-state index in [1.165, 1.54) is 0 Å². The largest absolute Gasteiger partial charge is 0.379 e. The van der Waals surface area contributed by atoms with Gasteiger partial charge in [-0.3, -0.25) is 0 Å². The van der Waals surface area contributed by atoms with Crippen LogP contribution in [0.15, 0.2) is 25.3 Å². The first kappa shape index (κ1) is 14.4. The first-order valence-electron chi connectivity index (χ1n) is 5.29. The Labute approximate surface area is 93.6 Å². The van der Waals surface area contributed by atoms with Gasteiger partial charge in [0.25, 0.3) is 0 Å². The Hall–Kier alpha value is -0.640. The third-order valence-electron chi connectivity index (χ3n) is 2.57. The summed E-state index contributed by atoms with van der Waals surface area (Å²) >= 11 is 0. The smallest absolute Gasteiger partial charge is 0.103 e. The van der Waals surface area contributed by atoms with Crippen molar-refractivity contribution in [3.8, 4) is 0 Å². The van der Waals surface area contributed by atoms with E-state index in [9.17, 15) is 0 Å². The lowest BCUT2D eigenvalue weighted by Gasteiger charge is -2.36. The van der Waals surface area contributed by atoms with Crippen LogP contribution in [0.3, 0.4) is 0 Å². The van der Waals surface area contributed by atoms with Crippen LogP contribution in [-0.4, -0.2) is 58.1 Å². The van der Waals surface area contributed by atoms with Crippen LogP contribution in [0, 0.1) is 0 Å². The summed E-state index contributed by atoms with van der Waals surface area (Å²) in [6, 6.07) is 0. The molecule has 3 nitrogen and oxygen atoms in total. The molecule has 0 N–H and O–H groups in total. The minimum Gasteiger partial charge on any atom is -0.379 e. The molecule has 0 aliphatic heterocycles. The van der Waals surface area contributed by atoms with Gasteiger partial charge in [-0.05, 0) is 12.2 Å². The Morgan fingerprint density at radius 2 is 1.33 bits per heavy atom. The fourth-order valence-electron chi connectivity index (χ4n) is 1.67. The van der Waals surface area contributed by atoms with Crippen molar-refractivity contribution in [2.24, 2.45) is 0 Å². The SMILES string of the molecule is C=CC[N+](CC=C)(CCOC)CCOC. The molecule has 0 unspecified atom stereocenters. The van der Waals surface area contributed by atoms with E-state index in [-0.39, 0.29) is 0 Å². The quantitative estimate of drug-likeness (QED) is 0.405. The molecule has 0 amide bonds. The highest BCUT2D eigenvalue weighted by Gasteiger charge is 2.23. The van der Waals surface area contributed by atoms with Gasteiger partial charge >= 0.3 is 0 Å². The predicted molar refractivity (Wildman–Crippen MR) is 63.9 cm³/mol. The lowest BCUT2D eigenvalue weighted by molar-refractivity contribution is -0.918. The second kappa shape index (κ2) is 8.65. The molecule has 0 spiro atoms. The van der Waals surface area contributed by atoms with Gasteiger partial charge in [-0.1, -0.05) is 13.2 Å². The Morgan fingerprint density at radius 1 is 0.933 bits per heavy atom. The molecule has 0 fully saturated rings. The number of ether oxygens (including phenoxy) is 2. The predicted octanol–water partition coefficient (Wildman–Crippen LogP) is 1.47. The van der Waals surface area contributed by atoms with Crippen molar-refractivity contribution < 1.29 is 14.0 Å². The van der Waals surface area contributed by atoms with Crippen molar-refractivity contribution in [1.29, 1.82) is 0 Å². The van der Waals surface area contributed by atoms with Gasteiger partial charge in [-0.2, -0.15) is 0 Å². The zero-order chi connectivity index (χ0) is 11.6. The molecule has 0 bridgehead atoms. The van der Waals surface area contributed by atoms with E-state index in [0.29, 0.717) is 0 Å². The van der Waals surface area contributed by atoms with Crippen LogP contribution in [0.2, 0.25) is 0 Å². The van der Waals surface area contributed by atoms with Crippen LogP contribution in [0.4, 0.5) is 0 Å². The minimum absolute atomic E-state index is 0.755. The van der Waals surface area contributed by atoms with E-state index in [4.69, 9.17) is 9.47 Å². The van der Waals surface area contributed by atoms with E-state index in [2.05, 4.69) is 13.2 Å². The van der Waals surface area contributed by atoms with E-state index < -0.39 is 0 Å². The topological polar surface area (TPSA) is 18.5 Å². The van der Waals surface area contributed by atoms with Gasteiger partial charge in [-0.25, -0.2) is 0 Å². The molecule has 0 aliphatic rings. The van der Waals surface area contributed by atoms with Crippen molar-refractivity contribution in [3.05, 3.63) is 25.3 Å². The molecular formula is C12H24NO2+. The van der Waals surface area contributed by atoms with Crippen LogP contribution < -0.4 is 0 Å². The van der Waals surface area contributed by atoms with Crippen LogP contribution in [0.5, 0.6) is 0 Å². The summed E-state index contributed by atoms with van der Waals surface area (Å²) in [7, 11) is 3.46. The van der Waals surface area contributed by atoms with E-state index in [1.54, 1.807) is 14.2 Å². The zero-order valence-corrected chi connectivity index (χ0v) is 10.1. The first-order chi connectivity index (χ1) is 7.24. The van der Waals surface area contributed by atoms with E-state index in [1.807, 2.05) is 12.2 Å². The second-order valence-corrected chi connectivity index (χ2v) is 3.72. The molecule has 88 valence electrons. The fraction of sp³-hybridized carbons (Fsp3) is 0.667. The molecular weight excluding hydrogens is 190 g/mol. The molecule has 0 aromatic carbocycles. The maximum atomic E-state index is 5.14. The lowest BCUT2D eigenvalue weighted by Crippen LogP contribution is -2.52. The monoisotopic (exact) mass is 214 g/mol. The number of methoxy groups -OCH3 is 2. The molecule has 0 radical (unpaired) electrons. The van der Waals surface area contributed by atoms with Crippen LogP contribution >= 0.6 is 0 Å². The van der Waals surface area contributed by atoms with E-state index >= 15 is 0 Å². The lowest BCUT2D eigenvalue weighted by atomic mass is 10.3. The third kappa shape index (κ3) is 5.72. The summed E-state index contributed by atoms with van der Waals surface area (Å²) in [5.74, 6) is 0. The van der Waals surface area contributed by atoms with E-state index in [0.717, 1.165) is 43.9 Å². The van der Waals surface area contributed by atoms with Crippen molar-refractivity contribution in [2.75, 3.05) is 53.6 Å². The Balaban J connectivity index is 4.38. The maximum Gasteiger partial charge on any atom is 0.103 e. The highest BCUT2D eigenvalue weighted by Crippen LogP contribution is 2.07. The van der Waals surface area contributed by atoms with Gasteiger partial charge in [0.2, 0.25) is 0 Å². The maximum absolute atomic E-state index is 5.14. The molecule has 15 heavy (non-hydrogen) atoms. The normalized spacial score (nSPS) is 11.3.